The first-order chi connectivity index (χ1) is 10.9. The quantitative estimate of drug-likeness (QED) is 0.445. The zero-order chi connectivity index (χ0) is 20.3. The Kier molecular flexibility index (Phi) is 8.42. The molecule has 0 aromatic heterocycles. The van der Waals surface area contributed by atoms with E-state index in [1.807, 2.05) is 6.92 Å². The Morgan fingerprint density at radius 1 is 0.840 bits per heavy atom. The monoisotopic (exact) mass is 358 g/mol. The first-order valence-electron chi connectivity index (χ1n) is 8.81. The van der Waals surface area contributed by atoms with Gasteiger partial charge in [0.1, 0.15) is 0 Å². The van der Waals surface area contributed by atoms with E-state index in [2.05, 4.69) is 0 Å². The molecule has 0 amide bonds. The Balaban J connectivity index is 5.78. The van der Waals surface area contributed by atoms with Crippen molar-refractivity contribution in [2.45, 2.75) is 97.6 Å². The molecule has 0 aliphatic rings. The molecule has 0 aromatic carbocycles. The van der Waals surface area contributed by atoms with Crippen LogP contribution in [-0.2, 0) is 9.31 Å². The Morgan fingerprint density at radius 2 is 1.20 bits per heavy atom. The molecular weight excluding hydrogens is 322 g/mol. The highest BCUT2D eigenvalue weighted by Crippen LogP contribution is 2.31. The molecule has 0 unspecified atom stereocenters. The SMILES string of the molecule is CCC/C(=C\B(OC(C)(C)C(C)(C)O)OC(C)(C)C(C)(C)O)B(O)O. The van der Waals surface area contributed by atoms with Crippen LogP contribution in [-0.4, -0.2) is 56.9 Å². The van der Waals surface area contributed by atoms with Crippen molar-refractivity contribution in [1.82, 2.24) is 0 Å². The molecule has 0 aromatic rings. The minimum absolute atomic E-state index is 0.366. The van der Waals surface area contributed by atoms with Crippen LogP contribution >= 0.6 is 0 Å². The van der Waals surface area contributed by atoms with Gasteiger partial charge in [-0.15, -0.1) is 0 Å². The van der Waals surface area contributed by atoms with Gasteiger partial charge in [0.25, 0.3) is 0 Å². The van der Waals surface area contributed by atoms with E-state index >= 15 is 0 Å². The lowest BCUT2D eigenvalue weighted by Crippen LogP contribution is -2.55. The van der Waals surface area contributed by atoms with Crippen molar-refractivity contribution in [3.05, 3.63) is 11.4 Å². The molecule has 0 spiro atoms. The van der Waals surface area contributed by atoms with Crippen molar-refractivity contribution >= 4 is 14.2 Å². The lowest BCUT2D eigenvalue weighted by atomic mass is 9.69. The standard InChI is InChI=1S/C17H36B2O6/c1-10-11-13(19(22)23)12-18(24-16(6,7)14(2,3)20)25-17(8,9)15(4,5)21/h12,20-23H,10-11H2,1-9H3/b13-12+. The Bertz CT molecular complexity index is 419. The average molecular weight is 358 g/mol. The van der Waals surface area contributed by atoms with Crippen LogP contribution in [0, 0.1) is 0 Å². The Labute approximate surface area is 153 Å². The van der Waals surface area contributed by atoms with Gasteiger partial charge < -0.3 is 29.6 Å². The van der Waals surface area contributed by atoms with Crippen molar-refractivity contribution in [1.29, 1.82) is 0 Å². The molecule has 0 radical (unpaired) electrons. The molecule has 0 saturated heterocycles. The van der Waals surface area contributed by atoms with Gasteiger partial charge in [-0.1, -0.05) is 19.3 Å². The van der Waals surface area contributed by atoms with Gasteiger partial charge in [-0.25, -0.2) is 0 Å². The van der Waals surface area contributed by atoms with Crippen LogP contribution in [0.2, 0.25) is 0 Å². The fraction of sp³-hybridized carbons (Fsp3) is 0.882. The molecular formula is C17H36B2O6. The summed E-state index contributed by atoms with van der Waals surface area (Å²) >= 11 is 0. The molecule has 6 nitrogen and oxygen atoms in total. The van der Waals surface area contributed by atoms with E-state index in [1.54, 1.807) is 55.4 Å². The summed E-state index contributed by atoms with van der Waals surface area (Å²) in [4.78, 5) is 0. The second kappa shape index (κ2) is 8.55. The number of hydrogen-bond acceptors (Lipinski definition) is 6. The van der Waals surface area contributed by atoms with Crippen LogP contribution < -0.4 is 0 Å². The lowest BCUT2D eigenvalue weighted by Gasteiger charge is -2.43. The summed E-state index contributed by atoms with van der Waals surface area (Å²) in [5.41, 5.74) is -3.93. The summed E-state index contributed by atoms with van der Waals surface area (Å²) in [6, 6.07) is 0. The average Bonchev–Trinajstić information content (AvgIpc) is 2.34. The molecule has 0 atom stereocenters. The fourth-order valence-electron chi connectivity index (χ4n) is 1.72. The molecule has 146 valence electrons. The van der Waals surface area contributed by atoms with E-state index in [0.717, 1.165) is 6.42 Å². The van der Waals surface area contributed by atoms with Crippen LogP contribution in [0.15, 0.2) is 11.4 Å². The lowest BCUT2D eigenvalue weighted by molar-refractivity contribution is -0.132. The molecule has 0 aliphatic heterocycles. The topological polar surface area (TPSA) is 99.4 Å². The van der Waals surface area contributed by atoms with Gasteiger partial charge in [0.2, 0.25) is 0 Å². The maximum absolute atomic E-state index is 10.3. The van der Waals surface area contributed by atoms with Crippen LogP contribution in [0.3, 0.4) is 0 Å². The van der Waals surface area contributed by atoms with E-state index < -0.39 is 36.6 Å². The minimum Gasteiger partial charge on any atom is -0.423 e. The van der Waals surface area contributed by atoms with E-state index in [0.29, 0.717) is 11.9 Å². The smallest absolute Gasteiger partial charge is 0.423 e. The fourth-order valence-corrected chi connectivity index (χ4v) is 1.72. The number of allylic oxidation sites excluding steroid dienone is 1. The zero-order valence-electron chi connectivity index (χ0n) is 17.3. The zero-order valence-corrected chi connectivity index (χ0v) is 17.3. The molecule has 25 heavy (non-hydrogen) atoms. The predicted molar refractivity (Wildman–Crippen MR) is 102 cm³/mol. The highest BCUT2D eigenvalue weighted by atomic mass is 16.6. The third kappa shape index (κ3) is 7.41. The molecule has 0 fully saturated rings. The van der Waals surface area contributed by atoms with Gasteiger partial charge >= 0.3 is 14.2 Å². The summed E-state index contributed by atoms with van der Waals surface area (Å²) < 4.78 is 12.0. The predicted octanol–water partition coefficient (Wildman–Crippen LogP) is 1.88. The van der Waals surface area contributed by atoms with Gasteiger partial charge in [0.15, 0.2) is 0 Å². The summed E-state index contributed by atoms with van der Waals surface area (Å²) in [6.07, 6.45) is 1.19. The highest BCUT2D eigenvalue weighted by Gasteiger charge is 2.44. The number of hydrogen-bond donors (Lipinski definition) is 4. The van der Waals surface area contributed by atoms with Crippen LogP contribution in [0.25, 0.3) is 0 Å². The summed E-state index contributed by atoms with van der Waals surface area (Å²) in [5, 5.41) is 39.9. The first-order valence-corrected chi connectivity index (χ1v) is 8.81. The maximum atomic E-state index is 10.3. The molecule has 0 bridgehead atoms. The molecule has 0 heterocycles. The van der Waals surface area contributed by atoms with Crippen LogP contribution in [0.5, 0.6) is 0 Å². The first kappa shape index (κ1) is 24.6. The van der Waals surface area contributed by atoms with Crippen molar-refractivity contribution in [3.63, 3.8) is 0 Å². The van der Waals surface area contributed by atoms with Gasteiger partial charge in [-0.05, 0) is 67.3 Å². The Hall–Kier alpha value is -0.370. The second-order valence-electron chi connectivity index (χ2n) is 8.61. The third-order valence-electron chi connectivity index (χ3n) is 4.99. The summed E-state index contributed by atoms with van der Waals surface area (Å²) in [7, 11) is -2.60. The van der Waals surface area contributed by atoms with Crippen molar-refractivity contribution in [3.8, 4) is 0 Å². The van der Waals surface area contributed by atoms with Crippen LogP contribution in [0.1, 0.15) is 75.2 Å². The molecule has 4 N–H and O–H groups in total. The van der Waals surface area contributed by atoms with Gasteiger partial charge in [0, 0.05) is 0 Å². The Morgan fingerprint density at radius 3 is 1.44 bits per heavy atom. The largest absolute Gasteiger partial charge is 0.486 e. The minimum atomic E-state index is -1.62. The van der Waals surface area contributed by atoms with Crippen molar-refractivity contribution in [2.75, 3.05) is 0 Å². The number of rotatable bonds is 10. The van der Waals surface area contributed by atoms with Gasteiger partial charge in [-0.2, -0.15) is 0 Å². The summed E-state index contributed by atoms with van der Waals surface area (Å²) in [6.45, 7) is 15.3. The van der Waals surface area contributed by atoms with E-state index in [9.17, 15) is 20.3 Å². The van der Waals surface area contributed by atoms with Crippen molar-refractivity contribution < 1.29 is 29.6 Å². The normalized spacial score (nSPS) is 14.7. The van der Waals surface area contributed by atoms with Gasteiger partial charge in [0.05, 0.1) is 22.4 Å². The van der Waals surface area contributed by atoms with Crippen molar-refractivity contribution in [2.24, 2.45) is 0 Å². The second-order valence-corrected chi connectivity index (χ2v) is 8.61. The van der Waals surface area contributed by atoms with Gasteiger partial charge in [-0.3, -0.25) is 0 Å². The maximum Gasteiger partial charge on any atom is 0.486 e. The highest BCUT2D eigenvalue weighted by molar-refractivity contribution is 6.58. The summed E-state index contributed by atoms with van der Waals surface area (Å²) in [5.74, 6) is 1.51. The molecule has 0 rings (SSSR count). The number of aliphatic hydroxyl groups is 2. The van der Waals surface area contributed by atoms with E-state index in [1.165, 1.54) is 5.98 Å². The third-order valence-corrected chi connectivity index (χ3v) is 4.99. The molecule has 0 aliphatic carbocycles. The van der Waals surface area contributed by atoms with E-state index in [4.69, 9.17) is 9.31 Å². The molecule has 0 saturated carbocycles. The molecule has 8 heteroatoms. The van der Waals surface area contributed by atoms with Crippen LogP contribution in [0.4, 0.5) is 0 Å². The van der Waals surface area contributed by atoms with E-state index in [-0.39, 0.29) is 0 Å².